The molecular formula is C8H9N5. The van der Waals surface area contributed by atoms with E-state index in [0.717, 1.165) is 5.69 Å². The lowest BCUT2D eigenvalue weighted by atomic mass is 10.3. The zero-order chi connectivity index (χ0) is 9.26. The molecule has 5 heteroatoms. The van der Waals surface area contributed by atoms with Crippen LogP contribution in [0.4, 0.5) is 5.95 Å². The van der Waals surface area contributed by atoms with Gasteiger partial charge < -0.3 is 5.73 Å². The van der Waals surface area contributed by atoms with Crippen LogP contribution in [0.2, 0.25) is 0 Å². The third kappa shape index (κ3) is 1.35. The second kappa shape index (κ2) is 2.85. The van der Waals surface area contributed by atoms with E-state index >= 15 is 0 Å². The zero-order valence-corrected chi connectivity index (χ0v) is 7.18. The number of pyridine rings is 1. The van der Waals surface area contributed by atoms with E-state index in [0.29, 0.717) is 5.82 Å². The van der Waals surface area contributed by atoms with E-state index in [2.05, 4.69) is 15.1 Å². The SMILES string of the molecule is Cn1nc(N)nc1-c1ccccn1. The molecule has 2 aromatic heterocycles. The van der Waals surface area contributed by atoms with Crippen LogP contribution < -0.4 is 5.73 Å². The lowest BCUT2D eigenvalue weighted by Crippen LogP contribution is -1.95. The number of rotatable bonds is 1. The fraction of sp³-hybridized carbons (Fsp3) is 0.125. The van der Waals surface area contributed by atoms with Gasteiger partial charge in [-0.05, 0) is 12.1 Å². The highest BCUT2D eigenvalue weighted by Gasteiger charge is 2.06. The second-order valence-electron chi connectivity index (χ2n) is 2.63. The molecule has 0 amide bonds. The average Bonchev–Trinajstić information content (AvgIpc) is 2.47. The van der Waals surface area contributed by atoms with Gasteiger partial charge in [0.2, 0.25) is 5.95 Å². The minimum atomic E-state index is 0.267. The van der Waals surface area contributed by atoms with Crippen LogP contribution >= 0.6 is 0 Å². The van der Waals surface area contributed by atoms with E-state index in [1.54, 1.807) is 17.9 Å². The van der Waals surface area contributed by atoms with Gasteiger partial charge in [0.15, 0.2) is 5.82 Å². The summed E-state index contributed by atoms with van der Waals surface area (Å²) in [5.74, 6) is 0.946. The van der Waals surface area contributed by atoms with Gasteiger partial charge in [-0.15, -0.1) is 5.10 Å². The topological polar surface area (TPSA) is 69.6 Å². The predicted octanol–water partition coefficient (Wildman–Crippen LogP) is 0.459. The van der Waals surface area contributed by atoms with Crippen molar-refractivity contribution < 1.29 is 0 Å². The number of nitrogens with zero attached hydrogens (tertiary/aromatic N) is 4. The van der Waals surface area contributed by atoms with Crippen molar-refractivity contribution in [2.75, 3.05) is 5.73 Å². The van der Waals surface area contributed by atoms with Gasteiger partial charge in [0.05, 0.1) is 0 Å². The second-order valence-corrected chi connectivity index (χ2v) is 2.63. The fourth-order valence-electron chi connectivity index (χ4n) is 1.12. The molecule has 66 valence electrons. The van der Waals surface area contributed by atoms with Crippen LogP contribution in [-0.2, 0) is 7.05 Å². The van der Waals surface area contributed by atoms with Crippen molar-refractivity contribution in [1.29, 1.82) is 0 Å². The molecule has 0 aliphatic rings. The molecule has 2 aromatic rings. The Bertz CT molecular complexity index is 406. The molecule has 0 saturated heterocycles. The van der Waals surface area contributed by atoms with E-state index in [-0.39, 0.29) is 5.95 Å². The maximum absolute atomic E-state index is 5.45. The molecule has 0 atom stereocenters. The van der Waals surface area contributed by atoms with Crippen LogP contribution in [0.25, 0.3) is 11.5 Å². The third-order valence-corrected chi connectivity index (χ3v) is 1.67. The van der Waals surface area contributed by atoms with Gasteiger partial charge in [-0.2, -0.15) is 4.98 Å². The first-order chi connectivity index (χ1) is 6.27. The lowest BCUT2D eigenvalue weighted by molar-refractivity contribution is 0.775. The smallest absolute Gasteiger partial charge is 0.240 e. The van der Waals surface area contributed by atoms with E-state index in [1.165, 1.54) is 0 Å². The molecule has 0 bridgehead atoms. The molecule has 0 fully saturated rings. The van der Waals surface area contributed by atoms with Gasteiger partial charge in [-0.1, -0.05) is 6.07 Å². The molecule has 2 heterocycles. The van der Waals surface area contributed by atoms with Crippen molar-refractivity contribution in [2.24, 2.45) is 7.05 Å². The van der Waals surface area contributed by atoms with Gasteiger partial charge >= 0.3 is 0 Å². The maximum Gasteiger partial charge on any atom is 0.240 e. The standard InChI is InChI=1S/C8H9N5/c1-13-7(11-8(9)12-13)6-4-2-3-5-10-6/h2-5H,1H3,(H2,9,12). The number of hydrogen-bond acceptors (Lipinski definition) is 4. The molecule has 2 rings (SSSR count). The van der Waals surface area contributed by atoms with E-state index in [1.807, 2.05) is 18.2 Å². The van der Waals surface area contributed by atoms with Gasteiger partial charge in [0.25, 0.3) is 0 Å². The Morgan fingerprint density at radius 3 is 2.77 bits per heavy atom. The molecule has 0 aliphatic carbocycles. The summed E-state index contributed by atoms with van der Waals surface area (Å²) in [5.41, 5.74) is 6.22. The fourth-order valence-corrected chi connectivity index (χ4v) is 1.12. The molecular weight excluding hydrogens is 166 g/mol. The third-order valence-electron chi connectivity index (χ3n) is 1.67. The Morgan fingerprint density at radius 2 is 2.23 bits per heavy atom. The molecule has 0 spiro atoms. The Kier molecular flexibility index (Phi) is 1.70. The monoisotopic (exact) mass is 175 g/mol. The van der Waals surface area contributed by atoms with Crippen LogP contribution in [0.15, 0.2) is 24.4 Å². The predicted molar refractivity (Wildman–Crippen MR) is 48.6 cm³/mol. The van der Waals surface area contributed by atoms with Crippen molar-refractivity contribution in [1.82, 2.24) is 19.7 Å². The highest BCUT2D eigenvalue weighted by atomic mass is 15.4. The largest absolute Gasteiger partial charge is 0.366 e. The van der Waals surface area contributed by atoms with Gasteiger partial charge in [-0.25, -0.2) is 4.68 Å². The maximum atomic E-state index is 5.45. The first kappa shape index (κ1) is 7.72. The van der Waals surface area contributed by atoms with Crippen molar-refractivity contribution in [2.45, 2.75) is 0 Å². The average molecular weight is 175 g/mol. The summed E-state index contributed by atoms with van der Waals surface area (Å²) in [6.07, 6.45) is 1.71. The summed E-state index contributed by atoms with van der Waals surface area (Å²) in [4.78, 5) is 8.19. The number of anilines is 1. The number of nitrogens with two attached hydrogens (primary N) is 1. The highest BCUT2D eigenvalue weighted by molar-refractivity contribution is 5.50. The molecule has 2 N–H and O–H groups in total. The molecule has 0 radical (unpaired) electrons. The quantitative estimate of drug-likeness (QED) is 0.683. The summed E-state index contributed by atoms with van der Waals surface area (Å²) in [6.45, 7) is 0. The zero-order valence-electron chi connectivity index (χ0n) is 7.18. The van der Waals surface area contributed by atoms with Gasteiger partial charge in [0.1, 0.15) is 5.69 Å². The first-order valence-corrected chi connectivity index (χ1v) is 3.85. The minimum absolute atomic E-state index is 0.267. The molecule has 0 aliphatic heterocycles. The van der Waals surface area contributed by atoms with Gasteiger partial charge in [-0.3, -0.25) is 4.98 Å². The lowest BCUT2D eigenvalue weighted by Gasteiger charge is -1.96. The highest BCUT2D eigenvalue weighted by Crippen LogP contribution is 2.12. The summed E-state index contributed by atoms with van der Waals surface area (Å²) in [7, 11) is 1.79. The molecule has 0 saturated carbocycles. The van der Waals surface area contributed by atoms with Crippen LogP contribution in [0, 0.1) is 0 Å². The van der Waals surface area contributed by atoms with E-state index in [4.69, 9.17) is 5.73 Å². The van der Waals surface area contributed by atoms with Crippen molar-refractivity contribution in [3.8, 4) is 11.5 Å². The van der Waals surface area contributed by atoms with E-state index < -0.39 is 0 Å². The normalized spacial score (nSPS) is 10.2. The number of nitrogen functional groups attached to an aromatic ring is 1. The number of hydrogen-bond donors (Lipinski definition) is 1. The summed E-state index contributed by atoms with van der Waals surface area (Å²) < 4.78 is 1.61. The van der Waals surface area contributed by atoms with Gasteiger partial charge in [0, 0.05) is 13.2 Å². The van der Waals surface area contributed by atoms with Crippen molar-refractivity contribution in [3.63, 3.8) is 0 Å². The number of aromatic nitrogens is 4. The van der Waals surface area contributed by atoms with Crippen molar-refractivity contribution in [3.05, 3.63) is 24.4 Å². The molecule has 5 nitrogen and oxygen atoms in total. The van der Waals surface area contributed by atoms with Crippen LogP contribution in [-0.4, -0.2) is 19.7 Å². The molecule has 13 heavy (non-hydrogen) atoms. The van der Waals surface area contributed by atoms with Crippen LogP contribution in [0.1, 0.15) is 0 Å². The Morgan fingerprint density at radius 1 is 1.38 bits per heavy atom. The number of aryl methyl sites for hydroxylation is 1. The Balaban J connectivity index is 2.53. The van der Waals surface area contributed by atoms with Crippen LogP contribution in [0.3, 0.4) is 0 Å². The minimum Gasteiger partial charge on any atom is -0.366 e. The van der Waals surface area contributed by atoms with Crippen LogP contribution in [0.5, 0.6) is 0 Å². The summed E-state index contributed by atoms with van der Waals surface area (Å²) in [5, 5.41) is 3.93. The molecule has 0 unspecified atom stereocenters. The summed E-state index contributed by atoms with van der Waals surface area (Å²) >= 11 is 0. The Labute approximate surface area is 75.2 Å². The van der Waals surface area contributed by atoms with Crippen molar-refractivity contribution >= 4 is 5.95 Å². The summed E-state index contributed by atoms with van der Waals surface area (Å²) in [6, 6.07) is 5.61. The van der Waals surface area contributed by atoms with E-state index in [9.17, 15) is 0 Å². The Hall–Kier alpha value is -1.91. The first-order valence-electron chi connectivity index (χ1n) is 3.85. The molecule has 0 aromatic carbocycles.